The zero-order chi connectivity index (χ0) is 49.5. The second-order valence-electron chi connectivity index (χ2n) is 16.7. The van der Waals surface area contributed by atoms with E-state index in [1.165, 1.54) is 22.3 Å². The third kappa shape index (κ3) is 19.0. The van der Waals surface area contributed by atoms with Crippen LogP contribution >= 0.6 is 70.3 Å². The molecule has 6 rings (SSSR count). The summed E-state index contributed by atoms with van der Waals surface area (Å²) in [6.07, 6.45) is 0. The maximum absolute atomic E-state index is 12.1. The van der Waals surface area contributed by atoms with Gasteiger partial charge in [-0.25, -0.2) is 0 Å². The maximum Gasteiger partial charge on any atom is 0.309 e. The summed E-state index contributed by atoms with van der Waals surface area (Å²) in [4.78, 5) is 30.9. The Hall–Kier alpha value is -2.72. The van der Waals surface area contributed by atoms with Crippen molar-refractivity contribution in [2.24, 2.45) is 0 Å². The highest BCUT2D eigenvalue weighted by Gasteiger charge is 2.28. The van der Waals surface area contributed by atoms with Gasteiger partial charge in [-0.3, -0.25) is 19.0 Å². The highest BCUT2D eigenvalue weighted by atomic mass is 35.5. The number of ether oxygens (including phenoxy) is 6. The van der Waals surface area contributed by atoms with Crippen LogP contribution in [0, 0.1) is 0 Å². The fraction of sp³-hybridized carbons (Fsp3) is 0.480. The lowest BCUT2D eigenvalue weighted by Gasteiger charge is -2.33. The van der Waals surface area contributed by atoms with Gasteiger partial charge in [-0.2, -0.15) is 0 Å². The Morgan fingerprint density at radius 3 is 1.19 bits per heavy atom. The molecule has 4 aromatic rings. The molecular formula is C50H64Cl4N6O8S2. The molecule has 20 heteroatoms. The van der Waals surface area contributed by atoms with Crippen LogP contribution in [0.1, 0.15) is 45.2 Å². The van der Waals surface area contributed by atoms with E-state index in [1.807, 2.05) is 24.3 Å². The third-order valence-electron chi connectivity index (χ3n) is 11.4. The molecule has 70 heavy (non-hydrogen) atoms. The summed E-state index contributed by atoms with van der Waals surface area (Å²) in [5.41, 5.74) is 7.16. The number of halogens is 4. The molecule has 382 valence electrons. The number of nitrogens with one attached hydrogen (secondary N) is 4. The Bertz CT molecular complexity index is 2080. The van der Waals surface area contributed by atoms with E-state index < -0.39 is 11.8 Å². The molecule has 14 nitrogen and oxygen atoms in total. The SMILES string of the molecule is CN1Cc2c(Cl)cc(Cl)cc2C(c2ccc(SNCCOCCOCCOCCNC(=O)C(=O)NCCOCCOCCOCCNSc3ccc(C4CN(C)Cc5c(Cl)cc(Cl)cc54)cc3)cc2)C1. The number of nitrogens with zero attached hydrogens (tertiary/aromatic N) is 2. The minimum atomic E-state index is -0.729. The molecule has 0 spiro atoms. The summed E-state index contributed by atoms with van der Waals surface area (Å²) < 4.78 is 40.1. The Morgan fingerprint density at radius 2 is 0.829 bits per heavy atom. The number of benzene rings is 4. The zero-order valence-corrected chi connectivity index (χ0v) is 44.4. The molecule has 4 aromatic carbocycles. The van der Waals surface area contributed by atoms with E-state index in [0.29, 0.717) is 89.2 Å². The molecule has 0 bridgehead atoms. The van der Waals surface area contributed by atoms with Gasteiger partial charge in [0.15, 0.2) is 0 Å². The number of amides is 2. The minimum absolute atomic E-state index is 0.201. The molecule has 2 atom stereocenters. The molecule has 0 aromatic heterocycles. The third-order valence-corrected chi connectivity index (χ3v) is 14.2. The first-order chi connectivity index (χ1) is 34.0. The molecule has 2 amide bonds. The summed E-state index contributed by atoms with van der Waals surface area (Å²) in [5.74, 6) is -1.04. The van der Waals surface area contributed by atoms with E-state index in [0.717, 1.165) is 57.1 Å². The average molecular weight is 1080 g/mol. The molecule has 0 aliphatic carbocycles. The molecular weight excluding hydrogens is 1020 g/mol. The molecule has 0 saturated carbocycles. The summed E-state index contributed by atoms with van der Waals surface area (Å²) in [5, 5.41) is 7.84. The molecule has 0 saturated heterocycles. The zero-order valence-electron chi connectivity index (χ0n) is 39.7. The normalized spacial score (nSPS) is 16.0. The van der Waals surface area contributed by atoms with E-state index in [9.17, 15) is 9.59 Å². The van der Waals surface area contributed by atoms with E-state index in [-0.39, 0.29) is 38.1 Å². The summed E-state index contributed by atoms with van der Waals surface area (Å²) in [7, 11) is 4.22. The van der Waals surface area contributed by atoms with Gasteiger partial charge in [0.1, 0.15) is 0 Å². The fourth-order valence-electron chi connectivity index (χ4n) is 8.01. The van der Waals surface area contributed by atoms with Crippen molar-refractivity contribution >= 4 is 82.1 Å². The quantitative estimate of drug-likeness (QED) is 0.0230. The van der Waals surface area contributed by atoms with Gasteiger partial charge in [0.2, 0.25) is 0 Å². The van der Waals surface area contributed by atoms with E-state index >= 15 is 0 Å². The van der Waals surface area contributed by atoms with Gasteiger partial charge in [0, 0.05) is 94.1 Å². The van der Waals surface area contributed by atoms with Gasteiger partial charge in [0.25, 0.3) is 0 Å². The van der Waals surface area contributed by atoms with Gasteiger partial charge in [0.05, 0.1) is 79.3 Å². The first-order valence-electron chi connectivity index (χ1n) is 23.4. The number of rotatable bonds is 30. The lowest BCUT2D eigenvalue weighted by molar-refractivity contribution is -0.139. The van der Waals surface area contributed by atoms with Crippen molar-refractivity contribution in [3.05, 3.63) is 126 Å². The Kier molecular flexibility index (Phi) is 25.1. The Balaban J connectivity index is 0.662. The maximum atomic E-state index is 12.1. The predicted octanol–water partition coefficient (Wildman–Crippen LogP) is 7.68. The Labute approximate surface area is 441 Å². The van der Waals surface area contributed by atoms with Crippen molar-refractivity contribution in [1.29, 1.82) is 0 Å². The van der Waals surface area contributed by atoms with Crippen LogP contribution in [0.4, 0.5) is 0 Å². The Morgan fingerprint density at radius 1 is 0.500 bits per heavy atom. The van der Waals surface area contributed by atoms with E-state index in [1.54, 1.807) is 23.9 Å². The number of fused-ring (bicyclic) bond motifs is 2. The number of carbonyl (C=O) groups is 2. The van der Waals surface area contributed by atoms with Crippen LogP contribution in [0.2, 0.25) is 20.1 Å². The smallest absolute Gasteiger partial charge is 0.309 e. The van der Waals surface area contributed by atoms with Crippen LogP contribution in [0.3, 0.4) is 0 Å². The van der Waals surface area contributed by atoms with Crippen LogP contribution in [0.15, 0.2) is 82.6 Å². The standard InChI is InChI=1S/C50H64Cl4N6O8S2/c1-59-31-43(41-27-37(51)29-47(53)45(41)33-59)35-3-7-39(8-4-35)69-57-13-17-65-21-25-67-23-19-63-15-11-55-49(61)50(62)56-12-16-64-20-24-68-26-22-66-18-14-58-70-40-9-5-36(6-10-40)44-32-60(2)34-46-42(44)28-38(52)30-48(46)54/h3-10,27-30,43-44,57-58H,11-26,31-34H2,1-2H3,(H,55,61)(H,56,62). The summed E-state index contributed by atoms with van der Waals surface area (Å²) in [6, 6.07) is 24.9. The van der Waals surface area contributed by atoms with E-state index in [4.69, 9.17) is 74.8 Å². The van der Waals surface area contributed by atoms with Crippen molar-refractivity contribution in [3.8, 4) is 0 Å². The molecule has 2 heterocycles. The fourth-order valence-corrected chi connectivity index (χ4v) is 10.4. The molecule has 2 unspecified atom stereocenters. The number of likely N-dealkylation sites (N-methyl/N-ethyl adjacent to an activating group) is 2. The average Bonchev–Trinajstić information content (AvgIpc) is 3.34. The number of hydrogen-bond donors (Lipinski definition) is 4. The molecule has 0 fully saturated rings. The molecule has 0 radical (unpaired) electrons. The van der Waals surface area contributed by atoms with Crippen molar-refractivity contribution in [3.63, 3.8) is 0 Å². The van der Waals surface area contributed by atoms with Gasteiger partial charge in [-0.1, -0.05) is 70.7 Å². The van der Waals surface area contributed by atoms with E-state index in [2.05, 4.69) is 92.5 Å². The van der Waals surface area contributed by atoms with Crippen molar-refractivity contribution in [2.75, 3.05) is 133 Å². The molecule has 2 aliphatic heterocycles. The van der Waals surface area contributed by atoms with Gasteiger partial charge in [-0.15, -0.1) is 0 Å². The minimum Gasteiger partial charge on any atom is -0.378 e. The summed E-state index contributed by atoms with van der Waals surface area (Å²) >= 11 is 28.9. The largest absolute Gasteiger partial charge is 0.378 e. The van der Waals surface area contributed by atoms with Crippen LogP contribution in [0.25, 0.3) is 0 Å². The lowest BCUT2D eigenvalue weighted by atomic mass is 9.85. The van der Waals surface area contributed by atoms with Crippen molar-refractivity contribution in [2.45, 2.75) is 34.7 Å². The molecule has 4 N–H and O–H groups in total. The van der Waals surface area contributed by atoms with Crippen LogP contribution in [0.5, 0.6) is 0 Å². The second-order valence-corrected chi connectivity index (χ2v) is 20.3. The predicted molar refractivity (Wildman–Crippen MR) is 281 cm³/mol. The topological polar surface area (TPSA) is 144 Å². The van der Waals surface area contributed by atoms with Crippen molar-refractivity contribution in [1.82, 2.24) is 29.9 Å². The highest BCUT2D eigenvalue weighted by Crippen LogP contribution is 2.40. The second kappa shape index (κ2) is 31.1. The van der Waals surface area contributed by atoms with Gasteiger partial charge < -0.3 is 48.9 Å². The van der Waals surface area contributed by atoms with Crippen LogP contribution in [-0.4, -0.2) is 154 Å². The summed E-state index contributed by atoms with van der Waals surface area (Å²) in [6.45, 7) is 10.1. The number of hydrogen-bond acceptors (Lipinski definition) is 14. The molecule has 2 aliphatic rings. The first kappa shape index (κ1) is 56.6. The van der Waals surface area contributed by atoms with Crippen molar-refractivity contribution < 1.29 is 38.0 Å². The van der Waals surface area contributed by atoms with Gasteiger partial charge >= 0.3 is 11.8 Å². The van der Waals surface area contributed by atoms with Crippen LogP contribution < -0.4 is 20.1 Å². The van der Waals surface area contributed by atoms with Gasteiger partial charge in [-0.05, 0) is 120 Å². The number of carbonyl (C=O) groups excluding carboxylic acids is 2. The lowest BCUT2D eigenvalue weighted by Crippen LogP contribution is -2.42. The first-order valence-corrected chi connectivity index (χ1v) is 26.5. The van der Waals surface area contributed by atoms with Crippen LogP contribution in [-0.2, 0) is 51.1 Å². The highest BCUT2D eigenvalue weighted by molar-refractivity contribution is 7.97. The monoisotopic (exact) mass is 1080 g/mol.